The summed E-state index contributed by atoms with van der Waals surface area (Å²) in [7, 11) is 0. The van der Waals surface area contributed by atoms with Gasteiger partial charge in [0.05, 0.1) is 17.0 Å². The molecule has 0 spiro atoms. The lowest BCUT2D eigenvalue weighted by atomic mass is 9.74. The monoisotopic (exact) mass is 358 g/mol. The van der Waals surface area contributed by atoms with E-state index < -0.39 is 17.7 Å². The van der Waals surface area contributed by atoms with Gasteiger partial charge in [0.25, 0.3) is 0 Å². The van der Waals surface area contributed by atoms with Crippen molar-refractivity contribution in [1.29, 1.82) is 5.26 Å². The number of nitrogens with one attached hydrogen (secondary N) is 1. The summed E-state index contributed by atoms with van der Waals surface area (Å²) in [6.07, 6.45) is 3.76. The van der Waals surface area contributed by atoms with Crippen LogP contribution >= 0.6 is 23.8 Å². The maximum absolute atomic E-state index is 11.0. The molecule has 6 heteroatoms. The molecule has 0 amide bonds. The Hall–Kier alpha value is -2.00. The first-order valence-electron chi connectivity index (χ1n) is 7.59. The molecule has 0 bridgehead atoms. The lowest BCUT2D eigenvalue weighted by molar-refractivity contribution is -0.742. The Kier molecular flexibility index (Phi) is 4.55. The molecule has 122 valence electrons. The second-order valence-corrected chi connectivity index (χ2v) is 6.96. The number of hydrogen-bond acceptors (Lipinski definition) is 3. The highest BCUT2D eigenvalue weighted by molar-refractivity contribution is 7.80. The first kappa shape index (κ1) is 16.8. The van der Waals surface area contributed by atoms with Crippen LogP contribution in [0.15, 0.2) is 54.9 Å². The molecule has 3 rings (SSSR count). The summed E-state index contributed by atoms with van der Waals surface area (Å²) < 4.78 is 1.92. The highest BCUT2D eigenvalue weighted by Gasteiger charge is 2.54. The number of piperidine rings is 1. The van der Waals surface area contributed by atoms with Gasteiger partial charge in [-0.3, -0.25) is 0 Å². The van der Waals surface area contributed by atoms with Crippen molar-refractivity contribution < 1.29 is 9.67 Å². The summed E-state index contributed by atoms with van der Waals surface area (Å²) in [4.78, 5) is 0.357. The molecule has 2 N–H and O–H groups in total. The van der Waals surface area contributed by atoms with Gasteiger partial charge in [-0.2, -0.15) is 9.83 Å². The quantitative estimate of drug-likeness (QED) is 0.640. The van der Waals surface area contributed by atoms with E-state index in [1.54, 1.807) is 19.1 Å². The lowest BCUT2D eigenvalue weighted by Crippen LogP contribution is -2.67. The highest BCUT2D eigenvalue weighted by Crippen LogP contribution is 2.42. The van der Waals surface area contributed by atoms with Crippen LogP contribution in [0.4, 0.5) is 0 Å². The van der Waals surface area contributed by atoms with Crippen molar-refractivity contribution in [1.82, 2.24) is 5.32 Å². The number of aromatic nitrogens is 1. The molecular formula is C18H17ClN3OS+. The van der Waals surface area contributed by atoms with Gasteiger partial charge in [-0.05, 0) is 24.6 Å². The van der Waals surface area contributed by atoms with Crippen LogP contribution in [0, 0.1) is 17.2 Å². The lowest BCUT2D eigenvalue weighted by Gasteiger charge is -2.42. The van der Waals surface area contributed by atoms with E-state index in [9.17, 15) is 10.4 Å². The van der Waals surface area contributed by atoms with E-state index in [0.29, 0.717) is 10.0 Å². The smallest absolute Gasteiger partial charge is 0.213 e. The van der Waals surface area contributed by atoms with Crippen molar-refractivity contribution >= 4 is 28.8 Å². The second kappa shape index (κ2) is 6.48. The summed E-state index contributed by atoms with van der Waals surface area (Å²) in [6.45, 7) is 1.68. The molecule has 1 aliphatic heterocycles. The van der Waals surface area contributed by atoms with Gasteiger partial charge in [-0.25, -0.2) is 0 Å². The molecule has 1 aromatic heterocycles. The summed E-state index contributed by atoms with van der Waals surface area (Å²) >= 11 is 11.4. The predicted molar refractivity (Wildman–Crippen MR) is 95.3 cm³/mol. The summed E-state index contributed by atoms with van der Waals surface area (Å²) in [5.41, 5.74) is -0.378. The van der Waals surface area contributed by atoms with Crippen LogP contribution in [-0.2, 0) is 0 Å². The Morgan fingerprint density at radius 2 is 1.88 bits per heavy atom. The molecule has 2 aromatic rings. The number of nitriles is 1. The number of thiocarbonyl (C=S) groups is 1. The molecule has 0 unspecified atom stereocenters. The van der Waals surface area contributed by atoms with Crippen molar-refractivity contribution in [2.45, 2.75) is 24.6 Å². The number of halogens is 1. The fraction of sp³-hybridized carbons (Fsp3) is 0.278. The third kappa shape index (κ3) is 3.01. The molecular weight excluding hydrogens is 342 g/mol. The molecule has 4 nitrogen and oxygen atoms in total. The zero-order valence-corrected chi connectivity index (χ0v) is 14.6. The zero-order chi connectivity index (χ0) is 17.3. The molecule has 2 heterocycles. The van der Waals surface area contributed by atoms with E-state index in [-0.39, 0.29) is 5.92 Å². The Labute approximate surface area is 151 Å². The van der Waals surface area contributed by atoms with Gasteiger partial charge in [-0.15, -0.1) is 0 Å². The van der Waals surface area contributed by atoms with E-state index >= 15 is 0 Å². The minimum Gasteiger partial charge on any atom is -0.366 e. The van der Waals surface area contributed by atoms with E-state index in [4.69, 9.17) is 23.8 Å². The van der Waals surface area contributed by atoms with Crippen LogP contribution in [0.3, 0.4) is 0 Å². The van der Waals surface area contributed by atoms with Gasteiger partial charge < -0.3 is 10.4 Å². The third-order valence-electron chi connectivity index (χ3n) is 4.39. The van der Waals surface area contributed by atoms with Gasteiger partial charge in [0.15, 0.2) is 18.1 Å². The number of hydrogen-bond donors (Lipinski definition) is 2. The molecule has 0 radical (unpaired) electrons. The van der Waals surface area contributed by atoms with Crippen molar-refractivity contribution in [2.75, 3.05) is 0 Å². The van der Waals surface area contributed by atoms with Gasteiger partial charge in [-0.1, -0.05) is 42.0 Å². The van der Waals surface area contributed by atoms with E-state index in [2.05, 4.69) is 11.4 Å². The molecule has 4 atom stereocenters. The minimum atomic E-state index is -1.29. The Morgan fingerprint density at radius 1 is 1.25 bits per heavy atom. The zero-order valence-electron chi connectivity index (χ0n) is 13.1. The fourth-order valence-electron chi connectivity index (χ4n) is 3.37. The van der Waals surface area contributed by atoms with Crippen molar-refractivity contribution in [2.24, 2.45) is 5.92 Å². The van der Waals surface area contributed by atoms with Crippen molar-refractivity contribution in [3.63, 3.8) is 0 Å². The van der Waals surface area contributed by atoms with Gasteiger partial charge >= 0.3 is 0 Å². The van der Waals surface area contributed by atoms with Crippen LogP contribution in [0.2, 0.25) is 5.02 Å². The molecule has 0 saturated carbocycles. The van der Waals surface area contributed by atoms with Gasteiger partial charge in [0, 0.05) is 17.2 Å². The van der Waals surface area contributed by atoms with Crippen LogP contribution in [-0.4, -0.2) is 15.8 Å². The van der Waals surface area contributed by atoms with Gasteiger partial charge in [0.2, 0.25) is 6.04 Å². The highest BCUT2D eigenvalue weighted by atomic mass is 35.5. The average molecular weight is 359 g/mol. The summed E-state index contributed by atoms with van der Waals surface area (Å²) in [5, 5.41) is 24.2. The van der Waals surface area contributed by atoms with Crippen molar-refractivity contribution in [3.05, 3.63) is 65.4 Å². The summed E-state index contributed by atoms with van der Waals surface area (Å²) in [5.74, 6) is -0.845. The number of rotatable bonds is 2. The number of aliphatic hydroxyl groups is 1. The predicted octanol–water partition coefficient (Wildman–Crippen LogP) is 2.73. The average Bonchev–Trinajstić information content (AvgIpc) is 2.55. The number of benzene rings is 1. The van der Waals surface area contributed by atoms with E-state index in [1.807, 2.05) is 47.3 Å². The van der Waals surface area contributed by atoms with Crippen LogP contribution in [0.25, 0.3) is 0 Å². The van der Waals surface area contributed by atoms with Crippen molar-refractivity contribution in [3.8, 4) is 6.07 Å². The van der Waals surface area contributed by atoms with Crippen LogP contribution < -0.4 is 9.88 Å². The van der Waals surface area contributed by atoms with E-state index in [0.717, 1.165) is 5.56 Å². The largest absolute Gasteiger partial charge is 0.366 e. The maximum Gasteiger partial charge on any atom is 0.213 e. The topological polar surface area (TPSA) is 59.9 Å². The summed E-state index contributed by atoms with van der Waals surface area (Å²) in [6, 6.07) is 14.9. The number of pyridine rings is 1. The molecule has 1 saturated heterocycles. The standard InChI is InChI=1S/C18H16ClN3OS/c1-18(23)16(22-9-3-2-4-10-22)15(14(11-20)17(24)21-18)12-5-7-13(19)8-6-12/h2-10,14-16,23H,1H3/p+1/t14-,15+,16+,18+/m0/s1. The Morgan fingerprint density at radius 3 is 2.46 bits per heavy atom. The Balaban J connectivity index is 2.17. The molecule has 1 fully saturated rings. The molecule has 24 heavy (non-hydrogen) atoms. The molecule has 0 aliphatic carbocycles. The third-order valence-corrected chi connectivity index (χ3v) is 5.00. The van der Waals surface area contributed by atoms with E-state index in [1.165, 1.54) is 0 Å². The molecule has 1 aliphatic rings. The first-order chi connectivity index (χ1) is 11.4. The minimum absolute atomic E-state index is 0.302. The second-order valence-electron chi connectivity index (χ2n) is 6.09. The number of nitrogens with zero attached hydrogens (tertiary/aromatic N) is 2. The Bertz CT molecular complexity index is 786. The first-order valence-corrected chi connectivity index (χ1v) is 8.38. The SMILES string of the molecule is C[C@]1(O)NC(=S)[C@@H](C#N)[C@@H](c2ccc(Cl)cc2)[C@H]1[n+]1ccccc1. The van der Waals surface area contributed by atoms with Gasteiger partial charge in [0.1, 0.15) is 5.92 Å². The fourth-order valence-corrected chi connectivity index (χ4v) is 3.90. The van der Waals surface area contributed by atoms with Crippen LogP contribution in [0.5, 0.6) is 0 Å². The molecule has 1 aromatic carbocycles. The normalized spacial score (nSPS) is 29.6. The maximum atomic E-state index is 11.0. The van der Waals surface area contributed by atoms with Crippen LogP contribution in [0.1, 0.15) is 24.4 Å².